The zero-order valence-corrected chi connectivity index (χ0v) is 18.4. The minimum atomic E-state index is 0.0330. The van der Waals surface area contributed by atoms with Crippen LogP contribution in [0.5, 0.6) is 11.5 Å². The zero-order valence-electron chi connectivity index (χ0n) is 18.4. The summed E-state index contributed by atoms with van der Waals surface area (Å²) >= 11 is 0. The fourth-order valence-corrected chi connectivity index (χ4v) is 1.84. The van der Waals surface area contributed by atoms with E-state index in [2.05, 4.69) is 27.7 Å². The molecular weight excluding hydrogens is 372 g/mol. The number of ether oxygens (including phenoxy) is 3. The summed E-state index contributed by atoms with van der Waals surface area (Å²) in [5, 5.41) is 5.50. The SMILES string of the molecule is C/C=C(\C)OCC.C=N.CN(C)Cc1ccc2c(c1)OCO2.CN=CN=C(N)N. The van der Waals surface area contributed by atoms with Crippen molar-refractivity contribution in [2.75, 3.05) is 34.5 Å². The maximum atomic E-state index is 5.50. The molecule has 1 aromatic carbocycles. The van der Waals surface area contributed by atoms with Crippen LogP contribution in [0.1, 0.15) is 26.3 Å². The fourth-order valence-electron chi connectivity index (χ4n) is 1.84. The molecule has 0 saturated heterocycles. The van der Waals surface area contributed by atoms with Crippen molar-refractivity contribution < 1.29 is 14.2 Å². The highest BCUT2D eigenvalue weighted by Crippen LogP contribution is 2.32. The number of hydrogen-bond acceptors (Lipinski definition) is 6. The standard InChI is InChI=1S/C10H13NO2.C6H12O.C3H8N4.CH3N/c1-11(2)6-8-3-4-9-10(5-8)13-7-12-9;1-4-6(3)7-5-2;1-6-2-7-3(4)5;1-2/h3-5H,6-7H2,1-2H3;4H,5H2,1-3H3;2H,1H3,(H4,4,5,6,7);2H,1H2/b;6-4+;;. The maximum Gasteiger partial charge on any atom is 0.231 e. The van der Waals surface area contributed by atoms with Crippen molar-refractivity contribution in [2.24, 2.45) is 21.5 Å². The average molecular weight is 409 g/mol. The summed E-state index contributed by atoms with van der Waals surface area (Å²) < 4.78 is 15.6. The third-order valence-electron chi connectivity index (χ3n) is 3.04. The first-order chi connectivity index (χ1) is 13.8. The second-order valence-electron chi connectivity index (χ2n) is 5.69. The number of fused-ring (bicyclic) bond motifs is 1. The zero-order chi connectivity index (χ0) is 22.7. The Morgan fingerprint density at radius 1 is 1.28 bits per heavy atom. The monoisotopic (exact) mass is 408 g/mol. The van der Waals surface area contributed by atoms with Crippen LogP contribution >= 0.6 is 0 Å². The Hall–Kier alpha value is -3.07. The molecule has 29 heavy (non-hydrogen) atoms. The molecule has 0 fully saturated rings. The minimum absolute atomic E-state index is 0.0330. The number of nitrogens with one attached hydrogen (secondary N) is 1. The van der Waals surface area contributed by atoms with Crippen LogP contribution < -0.4 is 20.9 Å². The lowest BCUT2D eigenvalue weighted by Crippen LogP contribution is -2.22. The summed E-state index contributed by atoms with van der Waals surface area (Å²) in [5.74, 6) is 2.75. The highest BCUT2D eigenvalue weighted by atomic mass is 16.7. The third kappa shape index (κ3) is 15.7. The Morgan fingerprint density at radius 2 is 1.90 bits per heavy atom. The van der Waals surface area contributed by atoms with Gasteiger partial charge >= 0.3 is 0 Å². The van der Waals surface area contributed by atoms with E-state index in [9.17, 15) is 0 Å². The predicted molar refractivity (Wildman–Crippen MR) is 121 cm³/mol. The number of allylic oxidation sites excluding steroid dienone is 2. The van der Waals surface area contributed by atoms with Crippen molar-refractivity contribution in [3.63, 3.8) is 0 Å². The molecular formula is C20H36N6O3. The van der Waals surface area contributed by atoms with Crippen molar-refractivity contribution >= 4 is 19.0 Å². The molecule has 0 radical (unpaired) electrons. The van der Waals surface area contributed by atoms with E-state index in [0.29, 0.717) is 6.79 Å². The predicted octanol–water partition coefficient (Wildman–Crippen LogP) is 2.61. The van der Waals surface area contributed by atoms with E-state index in [1.807, 2.05) is 53.1 Å². The molecule has 0 bridgehead atoms. The molecule has 0 aliphatic carbocycles. The van der Waals surface area contributed by atoms with E-state index >= 15 is 0 Å². The van der Waals surface area contributed by atoms with Crippen molar-refractivity contribution in [1.29, 1.82) is 5.41 Å². The second-order valence-corrected chi connectivity index (χ2v) is 5.69. The van der Waals surface area contributed by atoms with Crippen molar-refractivity contribution in [1.82, 2.24) is 4.90 Å². The van der Waals surface area contributed by atoms with Crippen LogP contribution in [0.25, 0.3) is 0 Å². The van der Waals surface area contributed by atoms with E-state index in [0.717, 1.165) is 30.4 Å². The normalized spacial score (nSPS) is 11.3. The minimum Gasteiger partial charge on any atom is -0.499 e. The first-order valence-corrected chi connectivity index (χ1v) is 8.97. The van der Waals surface area contributed by atoms with E-state index in [4.69, 9.17) is 31.1 Å². The number of nitrogens with two attached hydrogens (primary N) is 2. The van der Waals surface area contributed by atoms with E-state index in [-0.39, 0.29) is 5.96 Å². The summed E-state index contributed by atoms with van der Waals surface area (Å²) in [6.45, 7) is 10.4. The van der Waals surface area contributed by atoms with Crippen LogP contribution in [0.4, 0.5) is 0 Å². The van der Waals surface area contributed by atoms with Crippen molar-refractivity contribution in [2.45, 2.75) is 27.3 Å². The summed E-state index contributed by atoms with van der Waals surface area (Å²) in [7, 11) is 5.68. The Balaban J connectivity index is 0. The van der Waals surface area contributed by atoms with E-state index in [1.165, 1.54) is 11.9 Å². The molecule has 9 nitrogen and oxygen atoms in total. The number of guanidine groups is 1. The van der Waals surface area contributed by atoms with Crippen LogP contribution in [0, 0.1) is 5.41 Å². The van der Waals surface area contributed by atoms with Crippen molar-refractivity contribution in [3.05, 3.63) is 35.6 Å². The summed E-state index contributed by atoms with van der Waals surface area (Å²) in [5.41, 5.74) is 11.1. The van der Waals surface area contributed by atoms with E-state index in [1.54, 1.807) is 7.05 Å². The molecule has 0 unspecified atom stereocenters. The van der Waals surface area contributed by atoms with Crippen LogP contribution in [-0.4, -0.2) is 58.5 Å². The largest absolute Gasteiger partial charge is 0.499 e. The van der Waals surface area contributed by atoms with Gasteiger partial charge in [0.05, 0.1) is 12.4 Å². The highest BCUT2D eigenvalue weighted by Gasteiger charge is 2.12. The molecule has 1 aliphatic heterocycles. The molecule has 9 heteroatoms. The first-order valence-electron chi connectivity index (χ1n) is 8.97. The number of benzene rings is 1. The van der Waals surface area contributed by atoms with Gasteiger partial charge in [-0.2, -0.15) is 0 Å². The molecule has 0 spiro atoms. The van der Waals surface area contributed by atoms with Gasteiger partial charge in [0.15, 0.2) is 17.5 Å². The Kier molecular flexibility index (Phi) is 17.8. The van der Waals surface area contributed by atoms with Gasteiger partial charge in [-0.3, -0.25) is 4.99 Å². The summed E-state index contributed by atoms with van der Waals surface area (Å²) in [6, 6.07) is 6.05. The van der Waals surface area contributed by atoms with Crippen molar-refractivity contribution in [3.8, 4) is 11.5 Å². The third-order valence-corrected chi connectivity index (χ3v) is 3.04. The molecule has 0 atom stereocenters. The van der Waals surface area contributed by atoms with Gasteiger partial charge in [-0.25, -0.2) is 4.99 Å². The molecule has 5 N–H and O–H groups in total. The molecule has 1 aromatic rings. The van der Waals surface area contributed by atoms with Gasteiger partial charge in [0, 0.05) is 13.6 Å². The number of nitrogens with zero attached hydrogens (tertiary/aromatic N) is 3. The van der Waals surface area contributed by atoms with Crippen LogP contribution in [0.3, 0.4) is 0 Å². The molecule has 0 amide bonds. The maximum absolute atomic E-state index is 5.50. The van der Waals surface area contributed by atoms with Gasteiger partial charge in [0.1, 0.15) is 6.34 Å². The number of hydrogen-bond donors (Lipinski definition) is 3. The summed E-state index contributed by atoms with van der Waals surface area (Å²) in [4.78, 5) is 9.05. The Bertz CT molecular complexity index is 641. The van der Waals surface area contributed by atoms with Crippen LogP contribution in [0.15, 0.2) is 40.0 Å². The second kappa shape index (κ2) is 18.3. The lowest BCUT2D eigenvalue weighted by molar-refractivity contribution is 0.174. The number of aliphatic imine (C=N–C) groups is 2. The van der Waals surface area contributed by atoms with Crippen LogP contribution in [-0.2, 0) is 11.3 Å². The van der Waals surface area contributed by atoms with Gasteiger partial charge in [-0.1, -0.05) is 12.1 Å². The highest BCUT2D eigenvalue weighted by molar-refractivity contribution is 5.83. The smallest absolute Gasteiger partial charge is 0.231 e. The lowest BCUT2D eigenvalue weighted by Gasteiger charge is -2.09. The average Bonchev–Trinajstić information content (AvgIpc) is 3.16. The van der Waals surface area contributed by atoms with Crippen LogP contribution in [0.2, 0.25) is 0 Å². The quantitative estimate of drug-likeness (QED) is 0.390. The molecule has 2 rings (SSSR count). The fraction of sp³-hybridized carbons (Fsp3) is 0.450. The number of rotatable bonds is 5. The molecule has 1 aliphatic rings. The van der Waals surface area contributed by atoms with E-state index < -0.39 is 0 Å². The molecule has 0 aromatic heterocycles. The van der Waals surface area contributed by atoms with Gasteiger partial charge in [-0.15, -0.1) is 0 Å². The van der Waals surface area contributed by atoms with Gasteiger partial charge in [0.25, 0.3) is 0 Å². The first kappa shape index (κ1) is 28.1. The molecule has 164 valence electrons. The van der Waals surface area contributed by atoms with Gasteiger partial charge in [0.2, 0.25) is 6.79 Å². The Morgan fingerprint density at radius 3 is 2.31 bits per heavy atom. The topological polar surface area (TPSA) is 132 Å². The molecule has 1 heterocycles. The summed E-state index contributed by atoms with van der Waals surface area (Å²) in [6.07, 6.45) is 3.23. The molecule has 0 saturated carbocycles. The van der Waals surface area contributed by atoms with Gasteiger partial charge < -0.3 is 36.0 Å². The van der Waals surface area contributed by atoms with Gasteiger partial charge in [-0.05, 0) is 59.3 Å². The Labute approximate surface area is 174 Å². The lowest BCUT2D eigenvalue weighted by atomic mass is 10.2.